The average Bonchev–Trinajstić information content (AvgIpc) is 2.97. The second-order valence-electron chi connectivity index (χ2n) is 5.71. The number of ether oxygens (including phenoxy) is 2. The molecule has 0 bridgehead atoms. The van der Waals surface area contributed by atoms with E-state index in [4.69, 9.17) is 9.47 Å². The van der Waals surface area contributed by atoms with E-state index in [9.17, 15) is 19.7 Å². The van der Waals surface area contributed by atoms with E-state index in [1.165, 1.54) is 25.3 Å². The number of carbonyl (C=O) groups is 2. The standard InChI is InChI=1S/C18H14BrN3O6/c1-27-15-8-11(7-14-17(23)21-18(24)20-14)6-13(19)16(15)28-9-10-2-4-12(5-3-10)22(25)26/h2-8H,9H2,1H3,(H2,20,21,23,24)/b14-7+. The Morgan fingerprint density at radius 3 is 2.46 bits per heavy atom. The van der Waals surface area contributed by atoms with E-state index in [-0.39, 0.29) is 18.0 Å². The molecular weight excluding hydrogens is 434 g/mol. The number of non-ortho nitro benzene ring substituents is 1. The predicted octanol–water partition coefficient (Wildman–Crippen LogP) is 3.13. The summed E-state index contributed by atoms with van der Waals surface area (Å²) in [5.74, 6) is 0.328. The lowest BCUT2D eigenvalue weighted by molar-refractivity contribution is -0.384. The summed E-state index contributed by atoms with van der Waals surface area (Å²) in [5.41, 5.74) is 1.48. The monoisotopic (exact) mass is 447 g/mol. The van der Waals surface area contributed by atoms with Crippen LogP contribution in [0.4, 0.5) is 10.5 Å². The van der Waals surface area contributed by atoms with Crippen LogP contribution in [0.15, 0.2) is 46.6 Å². The van der Waals surface area contributed by atoms with Gasteiger partial charge in [0.05, 0.1) is 16.5 Å². The first-order valence-electron chi connectivity index (χ1n) is 7.95. The van der Waals surface area contributed by atoms with Crippen LogP contribution in [0.1, 0.15) is 11.1 Å². The molecule has 144 valence electrons. The molecule has 2 aromatic carbocycles. The molecule has 0 spiro atoms. The van der Waals surface area contributed by atoms with Crippen molar-refractivity contribution in [1.82, 2.24) is 10.6 Å². The van der Waals surface area contributed by atoms with Gasteiger partial charge in [-0.3, -0.25) is 20.2 Å². The molecule has 0 aromatic heterocycles. The van der Waals surface area contributed by atoms with Crippen molar-refractivity contribution in [3.63, 3.8) is 0 Å². The Morgan fingerprint density at radius 2 is 1.89 bits per heavy atom. The summed E-state index contributed by atoms with van der Waals surface area (Å²) in [5, 5.41) is 15.2. The zero-order valence-electron chi connectivity index (χ0n) is 14.5. The Hall–Kier alpha value is -3.40. The number of hydrogen-bond acceptors (Lipinski definition) is 6. The Bertz CT molecular complexity index is 988. The largest absolute Gasteiger partial charge is 0.493 e. The molecule has 0 saturated carbocycles. The van der Waals surface area contributed by atoms with Crippen molar-refractivity contribution in [2.75, 3.05) is 7.11 Å². The third kappa shape index (κ3) is 4.29. The number of urea groups is 1. The number of hydrogen-bond donors (Lipinski definition) is 2. The summed E-state index contributed by atoms with van der Waals surface area (Å²) in [7, 11) is 1.47. The van der Waals surface area contributed by atoms with Gasteiger partial charge in [0.2, 0.25) is 0 Å². The number of rotatable bonds is 6. The number of nitrogens with one attached hydrogen (secondary N) is 2. The molecule has 2 aromatic rings. The predicted molar refractivity (Wildman–Crippen MR) is 103 cm³/mol. The molecule has 0 atom stereocenters. The van der Waals surface area contributed by atoms with Crippen molar-refractivity contribution < 1.29 is 24.0 Å². The van der Waals surface area contributed by atoms with Crippen LogP contribution in [-0.4, -0.2) is 24.0 Å². The Morgan fingerprint density at radius 1 is 1.18 bits per heavy atom. The molecule has 3 rings (SSSR count). The number of amides is 3. The normalized spacial score (nSPS) is 14.6. The Labute approximate surface area is 167 Å². The first kappa shape index (κ1) is 19.4. The van der Waals surface area contributed by atoms with E-state index in [0.29, 0.717) is 21.5 Å². The first-order chi connectivity index (χ1) is 13.4. The Balaban J connectivity index is 1.80. The average molecular weight is 448 g/mol. The third-order valence-electron chi connectivity index (χ3n) is 3.81. The lowest BCUT2D eigenvalue weighted by Gasteiger charge is -2.14. The van der Waals surface area contributed by atoms with Crippen molar-refractivity contribution in [2.24, 2.45) is 0 Å². The fourth-order valence-electron chi connectivity index (χ4n) is 2.48. The van der Waals surface area contributed by atoms with Crippen molar-refractivity contribution in [2.45, 2.75) is 6.61 Å². The van der Waals surface area contributed by atoms with E-state index in [1.54, 1.807) is 24.3 Å². The highest BCUT2D eigenvalue weighted by Gasteiger charge is 2.23. The van der Waals surface area contributed by atoms with Gasteiger partial charge in [-0.25, -0.2) is 4.79 Å². The van der Waals surface area contributed by atoms with E-state index < -0.39 is 16.9 Å². The molecular formula is C18H14BrN3O6. The van der Waals surface area contributed by atoms with Gasteiger partial charge in [0.15, 0.2) is 11.5 Å². The van der Waals surface area contributed by atoms with E-state index in [1.807, 2.05) is 0 Å². The van der Waals surface area contributed by atoms with Crippen LogP contribution in [0.2, 0.25) is 0 Å². The fourth-order valence-corrected chi connectivity index (χ4v) is 3.06. The molecule has 9 nitrogen and oxygen atoms in total. The van der Waals surface area contributed by atoms with Crippen LogP contribution in [-0.2, 0) is 11.4 Å². The maximum absolute atomic E-state index is 11.6. The van der Waals surface area contributed by atoms with Gasteiger partial charge in [0.1, 0.15) is 12.3 Å². The number of nitrogens with zero attached hydrogens (tertiary/aromatic N) is 1. The highest BCUT2D eigenvalue weighted by molar-refractivity contribution is 9.10. The molecule has 1 fully saturated rings. The highest BCUT2D eigenvalue weighted by atomic mass is 79.9. The molecule has 0 aliphatic carbocycles. The first-order valence-corrected chi connectivity index (χ1v) is 8.74. The number of nitro benzene ring substituents is 1. The van der Waals surface area contributed by atoms with Crippen molar-refractivity contribution in [1.29, 1.82) is 0 Å². The summed E-state index contributed by atoms with van der Waals surface area (Å²) in [6.07, 6.45) is 1.51. The van der Waals surface area contributed by atoms with Gasteiger partial charge in [-0.2, -0.15) is 0 Å². The third-order valence-corrected chi connectivity index (χ3v) is 4.40. The molecule has 0 unspecified atom stereocenters. The summed E-state index contributed by atoms with van der Waals surface area (Å²) < 4.78 is 11.7. The van der Waals surface area contributed by atoms with Crippen LogP contribution < -0.4 is 20.1 Å². The molecule has 1 saturated heterocycles. The smallest absolute Gasteiger partial charge is 0.326 e. The quantitative estimate of drug-likeness (QED) is 0.303. The summed E-state index contributed by atoms with van der Waals surface area (Å²) in [6, 6.07) is 8.81. The molecule has 10 heteroatoms. The number of benzene rings is 2. The lowest BCUT2D eigenvalue weighted by atomic mass is 10.1. The van der Waals surface area contributed by atoms with Crippen molar-refractivity contribution in [3.05, 3.63) is 67.8 Å². The second-order valence-corrected chi connectivity index (χ2v) is 6.57. The van der Waals surface area contributed by atoms with Gasteiger partial charge >= 0.3 is 6.03 Å². The minimum absolute atomic E-state index is 0.00272. The number of nitro groups is 1. The van der Waals surface area contributed by atoms with Crippen molar-refractivity contribution in [3.8, 4) is 11.5 Å². The van der Waals surface area contributed by atoms with Crippen LogP contribution in [0.5, 0.6) is 11.5 Å². The molecule has 2 N–H and O–H groups in total. The number of methoxy groups -OCH3 is 1. The molecule has 1 heterocycles. The molecule has 28 heavy (non-hydrogen) atoms. The van der Waals surface area contributed by atoms with Gasteiger partial charge in [0.25, 0.3) is 11.6 Å². The maximum atomic E-state index is 11.6. The summed E-state index contributed by atoms with van der Waals surface area (Å²) in [4.78, 5) is 33.1. The Kier molecular flexibility index (Phi) is 5.59. The van der Waals surface area contributed by atoms with Crippen LogP contribution in [0, 0.1) is 10.1 Å². The zero-order valence-corrected chi connectivity index (χ0v) is 16.1. The van der Waals surface area contributed by atoms with Gasteiger partial charge in [-0.15, -0.1) is 0 Å². The number of carbonyl (C=O) groups excluding carboxylic acids is 2. The van der Waals surface area contributed by atoms with Crippen LogP contribution >= 0.6 is 15.9 Å². The summed E-state index contributed by atoms with van der Waals surface area (Å²) in [6.45, 7) is 0.172. The minimum Gasteiger partial charge on any atom is -0.493 e. The van der Waals surface area contributed by atoms with Crippen molar-refractivity contribution >= 4 is 39.6 Å². The summed E-state index contributed by atoms with van der Waals surface area (Å²) >= 11 is 3.41. The van der Waals surface area contributed by atoms with Gasteiger partial charge < -0.3 is 14.8 Å². The van der Waals surface area contributed by atoms with Crippen LogP contribution in [0.25, 0.3) is 6.08 Å². The highest BCUT2D eigenvalue weighted by Crippen LogP contribution is 2.37. The topological polar surface area (TPSA) is 120 Å². The second kappa shape index (κ2) is 8.09. The molecule has 1 aliphatic heterocycles. The molecule has 1 aliphatic rings. The number of halogens is 1. The number of imide groups is 1. The van der Waals surface area contributed by atoms with Gasteiger partial charge in [-0.1, -0.05) is 0 Å². The molecule has 0 radical (unpaired) electrons. The minimum atomic E-state index is -0.578. The maximum Gasteiger partial charge on any atom is 0.326 e. The zero-order chi connectivity index (χ0) is 20.3. The van der Waals surface area contributed by atoms with E-state index in [2.05, 4.69) is 26.6 Å². The molecule has 3 amide bonds. The SMILES string of the molecule is COc1cc(/C=C2/NC(=O)NC2=O)cc(Br)c1OCc1ccc([N+](=O)[O-])cc1. The lowest BCUT2D eigenvalue weighted by Crippen LogP contribution is -2.22. The van der Waals surface area contributed by atoms with E-state index >= 15 is 0 Å². The van der Waals surface area contributed by atoms with Gasteiger partial charge in [-0.05, 0) is 57.4 Å². The fraction of sp³-hybridized carbons (Fsp3) is 0.111. The van der Waals surface area contributed by atoms with Crippen LogP contribution in [0.3, 0.4) is 0 Å². The van der Waals surface area contributed by atoms with E-state index in [0.717, 1.165) is 5.56 Å². The van der Waals surface area contributed by atoms with Gasteiger partial charge in [0, 0.05) is 12.1 Å².